The fraction of sp³-hybridized carbons (Fsp3) is 0.350. The summed E-state index contributed by atoms with van der Waals surface area (Å²) in [5, 5.41) is 2.75. The molecule has 1 aliphatic heterocycles. The van der Waals surface area contributed by atoms with E-state index in [1.807, 2.05) is 51.1 Å². The van der Waals surface area contributed by atoms with Crippen LogP contribution in [0, 0.1) is 20.8 Å². The van der Waals surface area contributed by atoms with E-state index in [4.69, 9.17) is 0 Å². The zero-order chi connectivity index (χ0) is 19.6. The van der Waals surface area contributed by atoms with Crippen molar-refractivity contribution in [3.05, 3.63) is 64.7 Å². The number of nitrogens with zero attached hydrogens (tertiary/aromatic N) is 2. The van der Waals surface area contributed by atoms with E-state index in [2.05, 4.69) is 5.32 Å². The molecule has 27 heavy (non-hydrogen) atoms. The average Bonchev–Trinajstić information content (AvgIpc) is 2.87. The van der Waals surface area contributed by atoms with E-state index >= 15 is 0 Å². The first-order valence-electron chi connectivity index (χ1n) is 8.93. The highest BCUT2D eigenvalue weighted by Crippen LogP contribution is 2.22. The number of nitrogens with one attached hydrogen (secondary N) is 1. The van der Waals surface area contributed by atoms with Crippen molar-refractivity contribution in [2.45, 2.75) is 27.3 Å². The highest BCUT2D eigenvalue weighted by molar-refractivity contribution is 7.87. The molecule has 0 saturated carbocycles. The Hall–Kier alpha value is -2.22. The van der Waals surface area contributed by atoms with Gasteiger partial charge in [-0.25, -0.2) is 0 Å². The smallest absolute Gasteiger partial charge is 0.282 e. The predicted octanol–water partition coefficient (Wildman–Crippen LogP) is 2.61. The molecule has 0 unspecified atom stereocenters. The number of rotatable bonds is 5. The summed E-state index contributed by atoms with van der Waals surface area (Å²) < 4.78 is 28.3. The Labute approximate surface area is 161 Å². The Kier molecular flexibility index (Phi) is 5.64. The Bertz CT molecular complexity index is 939. The second kappa shape index (κ2) is 7.80. The number of anilines is 1. The maximum absolute atomic E-state index is 12.8. The molecule has 0 spiro atoms. The molecule has 1 fully saturated rings. The van der Waals surface area contributed by atoms with E-state index in [-0.39, 0.29) is 12.5 Å². The summed E-state index contributed by atoms with van der Waals surface area (Å²) in [6.07, 6.45) is 0. The molecule has 0 atom stereocenters. The molecule has 0 bridgehead atoms. The van der Waals surface area contributed by atoms with Crippen LogP contribution in [-0.2, 0) is 21.5 Å². The lowest BCUT2D eigenvalue weighted by molar-refractivity contribution is -0.116. The van der Waals surface area contributed by atoms with Crippen LogP contribution in [0.2, 0.25) is 0 Å². The Morgan fingerprint density at radius 2 is 1.59 bits per heavy atom. The summed E-state index contributed by atoms with van der Waals surface area (Å²) >= 11 is 0. The molecule has 1 heterocycles. The summed E-state index contributed by atoms with van der Waals surface area (Å²) in [7, 11) is -3.64. The minimum Gasteiger partial charge on any atom is -0.325 e. The van der Waals surface area contributed by atoms with Gasteiger partial charge in [0.1, 0.15) is 0 Å². The molecule has 1 N–H and O–H groups in total. The van der Waals surface area contributed by atoms with E-state index in [1.165, 1.54) is 8.61 Å². The summed E-state index contributed by atoms with van der Waals surface area (Å²) in [6.45, 7) is 6.77. The van der Waals surface area contributed by atoms with Gasteiger partial charge in [-0.2, -0.15) is 17.0 Å². The van der Waals surface area contributed by atoms with Crippen LogP contribution in [0.15, 0.2) is 42.5 Å². The fourth-order valence-corrected chi connectivity index (χ4v) is 4.63. The second-order valence-electron chi connectivity index (χ2n) is 7.02. The van der Waals surface area contributed by atoms with Crippen LogP contribution in [0.1, 0.15) is 22.3 Å². The zero-order valence-corrected chi connectivity index (χ0v) is 16.7. The van der Waals surface area contributed by atoms with Gasteiger partial charge in [0.2, 0.25) is 5.91 Å². The third-order valence-electron chi connectivity index (χ3n) is 4.76. The van der Waals surface area contributed by atoms with Gasteiger partial charge in [-0.15, -0.1) is 0 Å². The maximum atomic E-state index is 12.8. The Morgan fingerprint density at radius 1 is 0.963 bits per heavy atom. The van der Waals surface area contributed by atoms with Crippen LogP contribution in [0.4, 0.5) is 5.69 Å². The van der Waals surface area contributed by atoms with Crippen molar-refractivity contribution in [3.63, 3.8) is 0 Å². The van der Waals surface area contributed by atoms with Gasteiger partial charge in [0.15, 0.2) is 0 Å². The highest BCUT2D eigenvalue weighted by atomic mass is 32.2. The first kappa shape index (κ1) is 19.5. The number of carbonyl (C=O) groups excluding carboxylic acids is 1. The summed E-state index contributed by atoms with van der Waals surface area (Å²) in [5.41, 5.74) is 4.91. The molecular formula is C20H25N3O3S. The van der Waals surface area contributed by atoms with Gasteiger partial charge in [-0.3, -0.25) is 4.79 Å². The van der Waals surface area contributed by atoms with E-state index in [1.54, 1.807) is 12.1 Å². The molecule has 1 saturated heterocycles. The molecule has 7 heteroatoms. The van der Waals surface area contributed by atoms with Gasteiger partial charge >= 0.3 is 0 Å². The Morgan fingerprint density at radius 3 is 2.30 bits per heavy atom. The summed E-state index contributed by atoms with van der Waals surface area (Å²) in [5.74, 6) is -0.337. The molecule has 0 radical (unpaired) electrons. The van der Waals surface area contributed by atoms with Gasteiger partial charge in [0.25, 0.3) is 10.2 Å². The summed E-state index contributed by atoms with van der Waals surface area (Å²) in [4.78, 5) is 12.3. The normalized spacial score (nSPS) is 17.1. The zero-order valence-electron chi connectivity index (χ0n) is 15.9. The molecule has 6 nitrogen and oxygen atoms in total. The third-order valence-corrected chi connectivity index (χ3v) is 6.69. The SMILES string of the molecule is Cc1ccc(NC(=O)CN2CCN(Cc3cc(C)ccc3C)S2(=O)=O)cc1. The predicted molar refractivity (Wildman–Crippen MR) is 107 cm³/mol. The lowest BCUT2D eigenvalue weighted by atomic mass is 10.1. The standard InChI is InChI=1S/C20H25N3O3S/c1-15-5-8-19(9-6-15)21-20(24)14-23-11-10-22(27(23,25)26)13-18-12-16(2)4-7-17(18)3/h4-9,12H,10-11,13-14H2,1-3H3,(H,21,24). The van der Waals surface area contributed by atoms with Crippen LogP contribution in [0.25, 0.3) is 0 Å². The first-order chi connectivity index (χ1) is 12.8. The van der Waals surface area contributed by atoms with Crippen molar-refractivity contribution < 1.29 is 13.2 Å². The van der Waals surface area contributed by atoms with Crippen molar-refractivity contribution in [2.75, 3.05) is 25.0 Å². The van der Waals surface area contributed by atoms with Crippen molar-refractivity contribution in [1.29, 1.82) is 0 Å². The first-order valence-corrected chi connectivity index (χ1v) is 10.3. The minimum absolute atomic E-state index is 0.181. The van der Waals surface area contributed by atoms with Crippen molar-refractivity contribution in [3.8, 4) is 0 Å². The van der Waals surface area contributed by atoms with Gasteiger partial charge in [0.05, 0.1) is 6.54 Å². The Balaban J connectivity index is 1.65. The van der Waals surface area contributed by atoms with Crippen molar-refractivity contribution in [2.24, 2.45) is 0 Å². The van der Waals surface area contributed by atoms with Crippen LogP contribution in [-0.4, -0.2) is 42.6 Å². The summed E-state index contributed by atoms with van der Waals surface area (Å²) in [6, 6.07) is 13.4. The molecule has 2 aromatic rings. The van der Waals surface area contributed by atoms with Gasteiger partial charge in [0, 0.05) is 25.3 Å². The second-order valence-corrected chi connectivity index (χ2v) is 8.95. The van der Waals surface area contributed by atoms with E-state index in [9.17, 15) is 13.2 Å². The highest BCUT2D eigenvalue weighted by Gasteiger charge is 2.37. The quantitative estimate of drug-likeness (QED) is 0.857. The number of hydrogen-bond acceptors (Lipinski definition) is 3. The van der Waals surface area contributed by atoms with E-state index in [0.29, 0.717) is 25.3 Å². The van der Waals surface area contributed by atoms with Gasteiger partial charge in [-0.05, 0) is 44.0 Å². The van der Waals surface area contributed by atoms with Gasteiger partial charge < -0.3 is 5.32 Å². The van der Waals surface area contributed by atoms with Crippen LogP contribution < -0.4 is 5.32 Å². The number of hydrogen-bond donors (Lipinski definition) is 1. The van der Waals surface area contributed by atoms with E-state index < -0.39 is 10.2 Å². The lowest BCUT2D eigenvalue weighted by Crippen LogP contribution is -2.37. The van der Waals surface area contributed by atoms with Crippen molar-refractivity contribution in [1.82, 2.24) is 8.61 Å². The van der Waals surface area contributed by atoms with Crippen LogP contribution in [0.5, 0.6) is 0 Å². The molecule has 1 amide bonds. The number of amides is 1. The molecule has 0 aromatic heterocycles. The molecular weight excluding hydrogens is 362 g/mol. The molecule has 3 rings (SSSR count). The number of carbonyl (C=O) groups is 1. The molecule has 144 valence electrons. The molecule has 2 aromatic carbocycles. The maximum Gasteiger partial charge on any atom is 0.282 e. The number of benzene rings is 2. The van der Waals surface area contributed by atoms with Crippen LogP contribution >= 0.6 is 0 Å². The topological polar surface area (TPSA) is 69.7 Å². The number of aryl methyl sites for hydroxylation is 3. The third kappa shape index (κ3) is 4.55. The lowest BCUT2D eigenvalue weighted by Gasteiger charge is -2.19. The van der Waals surface area contributed by atoms with Gasteiger partial charge in [-0.1, -0.05) is 41.5 Å². The monoisotopic (exact) mass is 387 g/mol. The molecule has 0 aliphatic carbocycles. The largest absolute Gasteiger partial charge is 0.325 e. The fourth-order valence-electron chi connectivity index (χ4n) is 3.10. The molecule has 1 aliphatic rings. The van der Waals surface area contributed by atoms with Crippen LogP contribution in [0.3, 0.4) is 0 Å². The van der Waals surface area contributed by atoms with E-state index in [0.717, 1.165) is 22.3 Å². The van der Waals surface area contributed by atoms with Crippen molar-refractivity contribution >= 4 is 21.8 Å². The average molecular weight is 388 g/mol. The minimum atomic E-state index is -3.64.